The molecule has 90 valence electrons. The van der Waals surface area contributed by atoms with E-state index in [1.165, 1.54) is 0 Å². The minimum atomic E-state index is -2.18. The van der Waals surface area contributed by atoms with Gasteiger partial charge in [0, 0.05) is 19.1 Å². The molecule has 0 bridgehead atoms. The van der Waals surface area contributed by atoms with Gasteiger partial charge in [-0.15, -0.1) is 0 Å². The van der Waals surface area contributed by atoms with Crippen LogP contribution in [0, 0.1) is 5.92 Å². The standard InChI is InChI=1S/C9H16F2N2.C2H6/c1-12-4-7-2-3-13(6-9(10)11)8(7)5-12;1-2/h7-9H,2-6H2,1H3;1-2H3. The maximum Gasteiger partial charge on any atom is 0.251 e. The van der Waals surface area contributed by atoms with E-state index in [-0.39, 0.29) is 6.54 Å². The first-order valence-corrected chi connectivity index (χ1v) is 5.87. The van der Waals surface area contributed by atoms with E-state index in [9.17, 15) is 8.78 Å². The van der Waals surface area contributed by atoms with Gasteiger partial charge in [-0.25, -0.2) is 8.78 Å². The number of hydrogen-bond donors (Lipinski definition) is 0. The van der Waals surface area contributed by atoms with Crippen molar-refractivity contribution < 1.29 is 8.78 Å². The molecule has 2 nitrogen and oxygen atoms in total. The van der Waals surface area contributed by atoms with Crippen molar-refractivity contribution in [2.75, 3.05) is 33.2 Å². The van der Waals surface area contributed by atoms with E-state index in [0.29, 0.717) is 12.0 Å². The van der Waals surface area contributed by atoms with Gasteiger partial charge in [-0.3, -0.25) is 4.90 Å². The molecular weight excluding hydrogens is 198 g/mol. The quantitative estimate of drug-likeness (QED) is 0.701. The Hall–Kier alpha value is -0.220. The van der Waals surface area contributed by atoms with Crippen LogP contribution in [0.2, 0.25) is 0 Å². The highest BCUT2D eigenvalue weighted by Crippen LogP contribution is 2.30. The number of nitrogens with zero attached hydrogens (tertiary/aromatic N) is 2. The molecular formula is C11H22F2N2. The number of halogens is 2. The number of alkyl halides is 2. The van der Waals surface area contributed by atoms with Gasteiger partial charge in [0.05, 0.1) is 6.54 Å². The van der Waals surface area contributed by atoms with E-state index in [0.717, 1.165) is 26.1 Å². The molecule has 0 aliphatic carbocycles. The van der Waals surface area contributed by atoms with Crippen LogP contribution in [-0.2, 0) is 0 Å². The van der Waals surface area contributed by atoms with E-state index in [4.69, 9.17) is 0 Å². The molecule has 0 aromatic carbocycles. The SMILES string of the molecule is CC.CN1CC2CCN(CC(F)F)C2C1. The molecule has 2 aliphatic heterocycles. The van der Waals surface area contributed by atoms with Crippen molar-refractivity contribution >= 4 is 0 Å². The van der Waals surface area contributed by atoms with Gasteiger partial charge in [-0.2, -0.15) is 0 Å². The van der Waals surface area contributed by atoms with Crippen LogP contribution in [0.25, 0.3) is 0 Å². The summed E-state index contributed by atoms with van der Waals surface area (Å²) >= 11 is 0. The summed E-state index contributed by atoms with van der Waals surface area (Å²) in [6.45, 7) is 6.89. The fourth-order valence-electron chi connectivity index (χ4n) is 2.66. The van der Waals surface area contributed by atoms with Gasteiger partial charge < -0.3 is 4.90 Å². The molecule has 2 fully saturated rings. The second-order valence-corrected chi connectivity index (χ2v) is 4.22. The minimum absolute atomic E-state index is 0.0327. The summed E-state index contributed by atoms with van der Waals surface area (Å²) in [6.07, 6.45) is -1.08. The first-order valence-electron chi connectivity index (χ1n) is 5.87. The zero-order chi connectivity index (χ0) is 11.4. The maximum atomic E-state index is 12.2. The summed E-state index contributed by atoms with van der Waals surface area (Å²) in [5.41, 5.74) is 0. The van der Waals surface area contributed by atoms with Crippen LogP contribution in [0.15, 0.2) is 0 Å². The molecule has 0 N–H and O–H groups in total. The Labute approximate surface area is 91.2 Å². The highest BCUT2D eigenvalue weighted by molar-refractivity contribution is 4.95. The number of likely N-dealkylation sites (N-methyl/N-ethyl adjacent to an activating group) is 1. The van der Waals surface area contributed by atoms with Gasteiger partial charge in [0.1, 0.15) is 0 Å². The molecule has 2 unspecified atom stereocenters. The van der Waals surface area contributed by atoms with Crippen LogP contribution in [-0.4, -0.2) is 55.5 Å². The number of rotatable bonds is 2. The van der Waals surface area contributed by atoms with Crippen molar-refractivity contribution in [3.8, 4) is 0 Å². The molecule has 0 radical (unpaired) electrons. The van der Waals surface area contributed by atoms with Crippen molar-refractivity contribution in [3.63, 3.8) is 0 Å². The van der Waals surface area contributed by atoms with Crippen LogP contribution in [0.4, 0.5) is 8.78 Å². The van der Waals surface area contributed by atoms with Crippen LogP contribution in [0.5, 0.6) is 0 Å². The molecule has 0 saturated carbocycles. The Balaban J connectivity index is 0.000000531. The van der Waals surface area contributed by atoms with Crippen molar-refractivity contribution in [2.24, 2.45) is 5.92 Å². The number of hydrogen-bond acceptors (Lipinski definition) is 2. The predicted molar refractivity (Wildman–Crippen MR) is 58.3 cm³/mol. The summed E-state index contributed by atoms with van der Waals surface area (Å²) in [5, 5.41) is 0. The second kappa shape index (κ2) is 5.75. The number of likely N-dealkylation sites (tertiary alicyclic amines) is 2. The average Bonchev–Trinajstić information content (AvgIpc) is 2.70. The van der Waals surface area contributed by atoms with Gasteiger partial charge in [-0.05, 0) is 25.9 Å². The monoisotopic (exact) mass is 220 g/mol. The van der Waals surface area contributed by atoms with Crippen LogP contribution >= 0.6 is 0 Å². The molecule has 15 heavy (non-hydrogen) atoms. The van der Waals surface area contributed by atoms with E-state index < -0.39 is 6.43 Å². The highest BCUT2D eigenvalue weighted by Gasteiger charge is 2.40. The Morgan fingerprint density at radius 3 is 2.53 bits per heavy atom. The third-order valence-electron chi connectivity index (χ3n) is 3.22. The minimum Gasteiger partial charge on any atom is -0.304 e. The van der Waals surface area contributed by atoms with Gasteiger partial charge >= 0.3 is 0 Å². The fourth-order valence-corrected chi connectivity index (χ4v) is 2.66. The molecule has 2 atom stereocenters. The average molecular weight is 220 g/mol. The first kappa shape index (κ1) is 12.8. The van der Waals surface area contributed by atoms with Crippen molar-refractivity contribution in [3.05, 3.63) is 0 Å². The first-order chi connectivity index (χ1) is 7.16. The molecule has 4 heteroatoms. The Kier molecular flexibility index (Phi) is 4.93. The molecule has 0 aromatic rings. The van der Waals surface area contributed by atoms with Gasteiger partial charge in [0.2, 0.25) is 0 Å². The normalized spacial score (nSPS) is 31.6. The third kappa shape index (κ3) is 3.11. The molecule has 0 amide bonds. The third-order valence-corrected chi connectivity index (χ3v) is 3.22. The Bertz CT molecular complexity index is 187. The van der Waals surface area contributed by atoms with Crippen LogP contribution < -0.4 is 0 Å². The zero-order valence-electron chi connectivity index (χ0n) is 9.92. The number of fused-ring (bicyclic) bond motifs is 1. The van der Waals surface area contributed by atoms with E-state index in [1.807, 2.05) is 18.7 Å². The van der Waals surface area contributed by atoms with Crippen molar-refractivity contribution in [1.29, 1.82) is 0 Å². The van der Waals surface area contributed by atoms with Crippen LogP contribution in [0.1, 0.15) is 20.3 Å². The fraction of sp³-hybridized carbons (Fsp3) is 1.00. The van der Waals surface area contributed by atoms with Crippen molar-refractivity contribution in [1.82, 2.24) is 9.80 Å². The lowest BCUT2D eigenvalue weighted by Crippen LogP contribution is -2.37. The molecule has 2 aliphatic rings. The lowest BCUT2D eigenvalue weighted by Gasteiger charge is -2.23. The summed E-state index contributed by atoms with van der Waals surface area (Å²) in [4.78, 5) is 4.20. The van der Waals surface area contributed by atoms with Gasteiger partial charge in [0.25, 0.3) is 6.43 Å². The lowest BCUT2D eigenvalue weighted by molar-refractivity contribution is 0.0802. The largest absolute Gasteiger partial charge is 0.304 e. The summed E-state index contributed by atoms with van der Waals surface area (Å²) < 4.78 is 24.4. The Morgan fingerprint density at radius 1 is 1.27 bits per heavy atom. The maximum absolute atomic E-state index is 12.2. The van der Waals surface area contributed by atoms with Gasteiger partial charge in [-0.1, -0.05) is 13.8 Å². The lowest BCUT2D eigenvalue weighted by atomic mass is 10.1. The second-order valence-electron chi connectivity index (χ2n) is 4.22. The summed E-state index contributed by atoms with van der Waals surface area (Å²) in [5.74, 6) is 0.642. The molecule has 0 spiro atoms. The zero-order valence-corrected chi connectivity index (χ0v) is 9.92. The summed E-state index contributed by atoms with van der Waals surface area (Å²) in [6, 6.07) is 0.402. The topological polar surface area (TPSA) is 6.48 Å². The Morgan fingerprint density at radius 2 is 1.93 bits per heavy atom. The van der Waals surface area contributed by atoms with Crippen molar-refractivity contribution in [2.45, 2.75) is 32.7 Å². The van der Waals surface area contributed by atoms with E-state index in [2.05, 4.69) is 11.9 Å². The molecule has 2 heterocycles. The highest BCUT2D eigenvalue weighted by atomic mass is 19.3. The van der Waals surface area contributed by atoms with Gasteiger partial charge in [0.15, 0.2) is 0 Å². The van der Waals surface area contributed by atoms with Crippen LogP contribution in [0.3, 0.4) is 0 Å². The molecule has 0 aromatic heterocycles. The molecule has 2 rings (SSSR count). The van der Waals surface area contributed by atoms with E-state index in [1.54, 1.807) is 0 Å². The van der Waals surface area contributed by atoms with E-state index >= 15 is 0 Å². The smallest absolute Gasteiger partial charge is 0.251 e. The molecule has 2 saturated heterocycles. The summed E-state index contributed by atoms with van der Waals surface area (Å²) in [7, 11) is 2.07. The predicted octanol–water partition coefficient (Wildman–Crippen LogP) is 1.91.